The van der Waals surface area contributed by atoms with E-state index in [1.165, 1.54) is 30.7 Å². The summed E-state index contributed by atoms with van der Waals surface area (Å²) in [4.78, 5) is 24.1. The van der Waals surface area contributed by atoms with E-state index in [1.807, 2.05) is 30.3 Å². The van der Waals surface area contributed by atoms with E-state index in [-0.39, 0.29) is 5.91 Å². The molecule has 0 saturated carbocycles. The summed E-state index contributed by atoms with van der Waals surface area (Å²) >= 11 is 3.16. The summed E-state index contributed by atoms with van der Waals surface area (Å²) in [5, 5.41) is 4.03. The third-order valence-corrected chi connectivity index (χ3v) is 7.73. The second kappa shape index (κ2) is 7.35. The van der Waals surface area contributed by atoms with Gasteiger partial charge in [0.25, 0.3) is 5.91 Å². The molecule has 0 bridgehead atoms. The maximum Gasteiger partial charge on any atom is 0.265 e. The average molecular weight is 415 g/mol. The van der Waals surface area contributed by atoms with E-state index in [9.17, 15) is 4.79 Å². The van der Waals surface area contributed by atoms with Crippen molar-refractivity contribution in [3.63, 3.8) is 0 Å². The Labute approximate surface area is 171 Å². The normalized spacial score (nSPS) is 19.8. The van der Waals surface area contributed by atoms with Crippen LogP contribution in [0.5, 0.6) is 5.75 Å². The molecule has 3 aromatic rings. The van der Waals surface area contributed by atoms with Crippen LogP contribution >= 0.6 is 22.7 Å². The first-order valence-electron chi connectivity index (χ1n) is 9.54. The highest BCUT2D eigenvalue weighted by molar-refractivity contribution is 7.29. The van der Waals surface area contributed by atoms with Crippen LogP contribution in [-0.2, 0) is 0 Å². The Bertz CT molecular complexity index is 966. The van der Waals surface area contributed by atoms with Crippen LogP contribution in [-0.4, -0.2) is 55.1 Å². The molecular formula is C20H22N4O2S2. The van der Waals surface area contributed by atoms with E-state index in [0.29, 0.717) is 10.9 Å². The van der Waals surface area contributed by atoms with E-state index in [1.54, 1.807) is 18.4 Å². The number of nitrogens with one attached hydrogen (secondary N) is 1. The lowest BCUT2D eigenvalue weighted by molar-refractivity contribution is 0.103. The third kappa shape index (κ3) is 3.36. The van der Waals surface area contributed by atoms with Gasteiger partial charge in [-0.3, -0.25) is 9.69 Å². The van der Waals surface area contributed by atoms with Crippen molar-refractivity contribution >= 4 is 48.9 Å². The SMILES string of the molecule is COc1ccc(NC(=O)c2cc3sc(N4CCN5CCCC5C4)nc3s2)cc1. The highest BCUT2D eigenvalue weighted by Crippen LogP contribution is 2.36. The van der Waals surface area contributed by atoms with Crippen LogP contribution in [0.3, 0.4) is 0 Å². The number of piperazine rings is 1. The number of rotatable bonds is 4. The fraction of sp³-hybridized carbons (Fsp3) is 0.400. The maximum atomic E-state index is 12.6. The van der Waals surface area contributed by atoms with Crippen LogP contribution in [0.4, 0.5) is 10.8 Å². The van der Waals surface area contributed by atoms with Crippen molar-refractivity contribution in [1.29, 1.82) is 0 Å². The molecule has 5 rings (SSSR count). The first-order valence-corrected chi connectivity index (χ1v) is 11.2. The summed E-state index contributed by atoms with van der Waals surface area (Å²) < 4.78 is 6.24. The number of hydrogen-bond acceptors (Lipinski definition) is 7. The van der Waals surface area contributed by atoms with Gasteiger partial charge in [-0.2, -0.15) is 0 Å². The van der Waals surface area contributed by atoms with Crippen LogP contribution < -0.4 is 15.0 Å². The lowest BCUT2D eigenvalue weighted by Gasteiger charge is -2.37. The van der Waals surface area contributed by atoms with Gasteiger partial charge in [0.15, 0.2) is 5.13 Å². The molecule has 0 radical (unpaired) electrons. The Balaban J connectivity index is 1.29. The van der Waals surface area contributed by atoms with Crippen LogP contribution in [0, 0.1) is 0 Å². The van der Waals surface area contributed by atoms with E-state index >= 15 is 0 Å². The number of anilines is 2. The summed E-state index contributed by atoms with van der Waals surface area (Å²) in [6, 6.07) is 9.99. The quantitative estimate of drug-likeness (QED) is 0.702. The lowest BCUT2D eigenvalue weighted by atomic mass is 10.2. The predicted octanol–water partition coefficient (Wildman–Crippen LogP) is 3.90. The summed E-state index contributed by atoms with van der Waals surface area (Å²) in [7, 11) is 1.63. The number of aromatic nitrogens is 1. The zero-order valence-corrected chi connectivity index (χ0v) is 17.3. The third-order valence-electron chi connectivity index (χ3n) is 5.51. The van der Waals surface area contributed by atoms with Crippen LogP contribution in [0.15, 0.2) is 30.3 Å². The molecule has 2 aromatic heterocycles. The Morgan fingerprint density at radius 2 is 2.07 bits per heavy atom. The minimum atomic E-state index is -0.0958. The Morgan fingerprint density at radius 3 is 2.86 bits per heavy atom. The smallest absolute Gasteiger partial charge is 0.265 e. The first kappa shape index (κ1) is 17.9. The molecule has 28 heavy (non-hydrogen) atoms. The number of benzene rings is 1. The molecule has 0 aliphatic carbocycles. The lowest BCUT2D eigenvalue weighted by Crippen LogP contribution is -2.50. The fourth-order valence-electron chi connectivity index (χ4n) is 4.00. The van der Waals surface area contributed by atoms with Crippen molar-refractivity contribution in [2.45, 2.75) is 18.9 Å². The molecule has 4 heterocycles. The number of amides is 1. The number of hydrogen-bond donors (Lipinski definition) is 1. The van der Waals surface area contributed by atoms with Crippen LogP contribution in [0.2, 0.25) is 0 Å². The summed E-state index contributed by atoms with van der Waals surface area (Å²) in [5.41, 5.74) is 0.755. The maximum absolute atomic E-state index is 12.6. The summed E-state index contributed by atoms with van der Waals surface area (Å²) in [6.07, 6.45) is 2.62. The van der Waals surface area contributed by atoms with Crippen LogP contribution in [0.25, 0.3) is 9.53 Å². The van der Waals surface area contributed by atoms with Crippen molar-refractivity contribution in [3.05, 3.63) is 35.2 Å². The molecule has 1 N–H and O–H groups in total. The zero-order chi connectivity index (χ0) is 19.1. The molecule has 0 spiro atoms. The summed E-state index contributed by atoms with van der Waals surface area (Å²) in [6.45, 7) is 4.50. The van der Waals surface area contributed by atoms with Gasteiger partial charge in [0.2, 0.25) is 0 Å². The molecule has 146 valence electrons. The second-order valence-corrected chi connectivity index (χ2v) is 9.28. The van der Waals surface area contributed by atoms with E-state index in [0.717, 1.165) is 45.7 Å². The van der Waals surface area contributed by atoms with Gasteiger partial charge in [-0.1, -0.05) is 11.3 Å². The average Bonchev–Trinajstić information content (AvgIpc) is 3.42. The molecule has 1 atom stereocenters. The number of nitrogens with zero attached hydrogens (tertiary/aromatic N) is 3. The number of ether oxygens (including phenoxy) is 1. The van der Waals surface area contributed by atoms with E-state index in [4.69, 9.17) is 9.72 Å². The molecule has 1 aromatic carbocycles. The highest BCUT2D eigenvalue weighted by Gasteiger charge is 2.31. The van der Waals surface area contributed by atoms with Gasteiger partial charge in [-0.25, -0.2) is 4.98 Å². The fourth-order valence-corrected chi connectivity index (χ4v) is 6.14. The minimum Gasteiger partial charge on any atom is -0.497 e. The van der Waals surface area contributed by atoms with Crippen molar-refractivity contribution in [1.82, 2.24) is 9.88 Å². The number of thiazole rings is 1. The van der Waals surface area contributed by atoms with Gasteiger partial charge >= 0.3 is 0 Å². The largest absolute Gasteiger partial charge is 0.497 e. The molecule has 2 fully saturated rings. The number of methoxy groups -OCH3 is 1. The van der Waals surface area contributed by atoms with Crippen molar-refractivity contribution in [3.8, 4) is 5.75 Å². The molecule has 2 aliphatic heterocycles. The predicted molar refractivity (Wildman–Crippen MR) is 115 cm³/mol. The summed E-state index contributed by atoms with van der Waals surface area (Å²) in [5.74, 6) is 0.672. The van der Waals surface area contributed by atoms with E-state index < -0.39 is 0 Å². The molecule has 8 heteroatoms. The molecule has 2 aliphatic rings. The van der Waals surface area contributed by atoms with Gasteiger partial charge in [-0.15, -0.1) is 11.3 Å². The first-order chi connectivity index (χ1) is 13.7. The topological polar surface area (TPSA) is 57.7 Å². The number of carbonyl (C=O) groups excluding carboxylic acids is 1. The van der Waals surface area contributed by atoms with Gasteiger partial charge in [0.1, 0.15) is 10.6 Å². The Kier molecular flexibility index (Phi) is 4.70. The van der Waals surface area contributed by atoms with Gasteiger partial charge in [0.05, 0.1) is 16.7 Å². The number of fused-ring (bicyclic) bond motifs is 2. The second-order valence-electron chi connectivity index (χ2n) is 7.24. The minimum absolute atomic E-state index is 0.0958. The van der Waals surface area contributed by atoms with E-state index in [2.05, 4.69) is 15.1 Å². The van der Waals surface area contributed by atoms with Gasteiger partial charge in [0, 0.05) is 31.4 Å². The van der Waals surface area contributed by atoms with Crippen molar-refractivity contribution in [2.75, 3.05) is 43.5 Å². The van der Waals surface area contributed by atoms with Gasteiger partial charge in [-0.05, 0) is 49.7 Å². The zero-order valence-electron chi connectivity index (χ0n) is 15.7. The van der Waals surface area contributed by atoms with Crippen LogP contribution in [0.1, 0.15) is 22.5 Å². The number of carbonyl (C=O) groups is 1. The standard InChI is InChI=1S/C20H22N4O2S2/c1-26-15-6-4-13(5-7-15)21-18(25)16-11-17-19(27-16)22-20(28-17)24-10-9-23-8-2-3-14(23)12-24/h4-7,11,14H,2-3,8-10,12H2,1H3,(H,21,25). The Hall–Kier alpha value is -2.16. The molecule has 2 saturated heterocycles. The molecule has 6 nitrogen and oxygen atoms in total. The molecule has 1 unspecified atom stereocenters. The monoisotopic (exact) mass is 414 g/mol. The van der Waals surface area contributed by atoms with Gasteiger partial charge < -0.3 is 15.0 Å². The van der Waals surface area contributed by atoms with Crippen molar-refractivity contribution < 1.29 is 9.53 Å². The van der Waals surface area contributed by atoms with Crippen molar-refractivity contribution in [2.24, 2.45) is 0 Å². The molecule has 1 amide bonds. The Morgan fingerprint density at radius 1 is 1.21 bits per heavy atom. The number of thiophene rings is 1. The highest BCUT2D eigenvalue weighted by atomic mass is 32.1. The molecular weight excluding hydrogens is 392 g/mol.